The lowest BCUT2D eigenvalue weighted by Gasteiger charge is -2.19. The summed E-state index contributed by atoms with van der Waals surface area (Å²) in [6, 6.07) is 2.12. The number of rotatable bonds is 2. The Morgan fingerprint density at radius 1 is 1.57 bits per heavy atom. The Bertz CT molecular complexity index is 302. The Kier molecular flexibility index (Phi) is 2.84. The minimum atomic E-state index is 0.562. The number of aryl methyl sites for hydroxylation is 1. The molecule has 1 aromatic heterocycles. The molecule has 78 valence electrons. The highest BCUT2D eigenvalue weighted by molar-refractivity contribution is 5.14. The standard InChI is InChI=1S/C10H17N3O/c1-13-9(7-11)6-10(12-13)8-2-4-14-5-3-8/h6,8H,2-5,7,11H2,1H3. The number of nitrogens with two attached hydrogens (primary N) is 1. The van der Waals surface area contributed by atoms with Gasteiger partial charge in [-0.05, 0) is 18.9 Å². The number of ether oxygens (including phenoxy) is 1. The lowest BCUT2D eigenvalue weighted by atomic mass is 9.96. The summed E-state index contributed by atoms with van der Waals surface area (Å²) in [6.07, 6.45) is 2.17. The van der Waals surface area contributed by atoms with Crippen molar-refractivity contribution >= 4 is 0 Å². The highest BCUT2D eigenvalue weighted by atomic mass is 16.5. The highest BCUT2D eigenvalue weighted by Crippen LogP contribution is 2.25. The maximum Gasteiger partial charge on any atom is 0.0660 e. The van der Waals surface area contributed by atoms with E-state index in [0.717, 1.165) is 31.7 Å². The van der Waals surface area contributed by atoms with Crippen molar-refractivity contribution in [3.05, 3.63) is 17.5 Å². The van der Waals surface area contributed by atoms with Crippen LogP contribution in [-0.4, -0.2) is 23.0 Å². The first-order valence-electron chi connectivity index (χ1n) is 5.12. The molecule has 1 saturated heterocycles. The monoisotopic (exact) mass is 195 g/mol. The molecule has 2 heterocycles. The molecule has 0 radical (unpaired) electrons. The summed E-state index contributed by atoms with van der Waals surface area (Å²) < 4.78 is 7.21. The van der Waals surface area contributed by atoms with Gasteiger partial charge in [0, 0.05) is 32.7 Å². The van der Waals surface area contributed by atoms with Crippen molar-refractivity contribution in [1.29, 1.82) is 0 Å². The normalized spacial score (nSPS) is 18.7. The second-order valence-electron chi connectivity index (χ2n) is 3.77. The predicted molar refractivity (Wildman–Crippen MR) is 53.9 cm³/mol. The quantitative estimate of drug-likeness (QED) is 0.758. The fraction of sp³-hybridized carbons (Fsp3) is 0.700. The number of nitrogens with zero attached hydrogens (tertiary/aromatic N) is 2. The fourth-order valence-corrected chi connectivity index (χ4v) is 1.91. The van der Waals surface area contributed by atoms with Crippen molar-refractivity contribution in [2.45, 2.75) is 25.3 Å². The van der Waals surface area contributed by atoms with Gasteiger partial charge in [0.1, 0.15) is 0 Å². The molecule has 1 fully saturated rings. The lowest BCUT2D eigenvalue weighted by molar-refractivity contribution is 0.0844. The molecule has 0 amide bonds. The average Bonchev–Trinajstić information content (AvgIpc) is 2.61. The lowest BCUT2D eigenvalue weighted by Crippen LogP contribution is -2.14. The second-order valence-corrected chi connectivity index (χ2v) is 3.77. The van der Waals surface area contributed by atoms with Crippen LogP contribution in [0.15, 0.2) is 6.07 Å². The third-order valence-electron chi connectivity index (χ3n) is 2.84. The van der Waals surface area contributed by atoms with Crippen LogP contribution in [0.1, 0.15) is 30.1 Å². The molecule has 0 aromatic carbocycles. The average molecular weight is 195 g/mol. The van der Waals surface area contributed by atoms with Gasteiger partial charge in [0.25, 0.3) is 0 Å². The fourth-order valence-electron chi connectivity index (χ4n) is 1.91. The van der Waals surface area contributed by atoms with Crippen molar-refractivity contribution in [2.75, 3.05) is 13.2 Å². The van der Waals surface area contributed by atoms with Crippen molar-refractivity contribution in [2.24, 2.45) is 12.8 Å². The number of aromatic nitrogens is 2. The molecule has 0 saturated carbocycles. The van der Waals surface area contributed by atoms with E-state index in [9.17, 15) is 0 Å². The third kappa shape index (κ3) is 1.81. The van der Waals surface area contributed by atoms with Gasteiger partial charge in [-0.2, -0.15) is 5.10 Å². The van der Waals surface area contributed by atoms with Crippen molar-refractivity contribution < 1.29 is 4.74 Å². The second kappa shape index (κ2) is 4.11. The van der Waals surface area contributed by atoms with Crippen molar-refractivity contribution in [3.8, 4) is 0 Å². The summed E-state index contributed by atoms with van der Waals surface area (Å²) in [4.78, 5) is 0. The Labute approximate surface area is 84.0 Å². The molecule has 2 N–H and O–H groups in total. The van der Waals surface area contributed by atoms with E-state index in [1.165, 1.54) is 5.69 Å². The van der Waals surface area contributed by atoms with E-state index in [4.69, 9.17) is 10.5 Å². The molecule has 2 rings (SSSR count). The minimum Gasteiger partial charge on any atom is -0.381 e. The SMILES string of the molecule is Cn1nc(C2CCOCC2)cc1CN. The van der Waals surface area contributed by atoms with E-state index in [0.29, 0.717) is 12.5 Å². The Hall–Kier alpha value is -0.870. The van der Waals surface area contributed by atoms with Gasteiger partial charge in [-0.3, -0.25) is 4.68 Å². The van der Waals surface area contributed by atoms with Crippen LogP contribution in [0.5, 0.6) is 0 Å². The van der Waals surface area contributed by atoms with Crippen LogP contribution >= 0.6 is 0 Å². The summed E-state index contributed by atoms with van der Waals surface area (Å²) in [6.45, 7) is 2.28. The molecule has 0 bridgehead atoms. The first-order valence-corrected chi connectivity index (χ1v) is 5.12. The topological polar surface area (TPSA) is 53.1 Å². The molecular weight excluding hydrogens is 178 g/mol. The summed E-state index contributed by atoms with van der Waals surface area (Å²) in [5.74, 6) is 0.565. The molecule has 0 spiro atoms. The molecule has 1 aliphatic heterocycles. The molecular formula is C10H17N3O. The predicted octanol–water partition coefficient (Wildman–Crippen LogP) is 0.773. The summed E-state index contributed by atoms with van der Waals surface area (Å²) in [7, 11) is 1.95. The van der Waals surface area contributed by atoms with Gasteiger partial charge < -0.3 is 10.5 Å². The Morgan fingerprint density at radius 2 is 2.29 bits per heavy atom. The van der Waals surface area contributed by atoms with E-state index >= 15 is 0 Å². The minimum absolute atomic E-state index is 0.562. The third-order valence-corrected chi connectivity index (χ3v) is 2.84. The van der Waals surface area contributed by atoms with E-state index in [2.05, 4.69) is 11.2 Å². The summed E-state index contributed by atoms with van der Waals surface area (Å²) in [5.41, 5.74) is 7.89. The van der Waals surface area contributed by atoms with Crippen molar-refractivity contribution in [3.63, 3.8) is 0 Å². The first-order chi connectivity index (χ1) is 6.81. The summed E-state index contributed by atoms with van der Waals surface area (Å²) >= 11 is 0. The largest absolute Gasteiger partial charge is 0.381 e. The van der Waals surface area contributed by atoms with Crippen molar-refractivity contribution in [1.82, 2.24) is 9.78 Å². The van der Waals surface area contributed by atoms with Gasteiger partial charge >= 0.3 is 0 Å². The summed E-state index contributed by atoms with van der Waals surface area (Å²) in [5, 5.41) is 4.49. The highest BCUT2D eigenvalue weighted by Gasteiger charge is 2.19. The van der Waals surface area contributed by atoms with Crippen LogP contribution in [0.25, 0.3) is 0 Å². The zero-order valence-electron chi connectivity index (χ0n) is 8.57. The van der Waals surface area contributed by atoms with E-state index in [1.54, 1.807) is 0 Å². The van der Waals surface area contributed by atoms with Gasteiger partial charge in [-0.1, -0.05) is 0 Å². The smallest absolute Gasteiger partial charge is 0.0660 e. The zero-order valence-corrected chi connectivity index (χ0v) is 8.57. The molecule has 0 aliphatic carbocycles. The van der Waals surface area contributed by atoms with E-state index in [1.807, 2.05) is 11.7 Å². The van der Waals surface area contributed by atoms with Crippen LogP contribution in [0, 0.1) is 0 Å². The maximum atomic E-state index is 5.61. The van der Waals surface area contributed by atoms with E-state index < -0.39 is 0 Å². The van der Waals surface area contributed by atoms with Crippen LogP contribution in [-0.2, 0) is 18.3 Å². The number of hydrogen-bond acceptors (Lipinski definition) is 3. The van der Waals surface area contributed by atoms with Crippen LogP contribution in [0.2, 0.25) is 0 Å². The first kappa shape index (κ1) is 9.68. The van der Waals surface area contributed by atoms with Gasteiger partial charge in [0.2, 0.25) is 0 Å². The van der Waals surface area contributed by atoms with Gasteiger partial charge in [0.15, 0.2) is 0 Å². The van der Waals surface area contributed by atoms with Gasteiger partial charge in [0.05, 0.1) is 11.4 Å². The van der Waals surface area contributed by atoms with Crippen LogP contribution in [0.4, 0.5) is 0 Å². The molecule has 1 aliphatic rings. The Morgan fingerprint density at radius 3 is 2.86 bits per heavy atom. The molecule has 4 nitrogen and oxygen atoms in total. The molecule has 1 aromatic rings. The maximum absolute atomic E-state index is 5.61. The van der Waals surface area contributed by atoms with Gasteiger partial charge in [-0.15, -0.1) is 0 Å². The van der Waals surface area contributed by atoms with Crippen LogP contribution < -0.4 is 5.73 Å². The van der Waals surface area contributed by atoms with Crippen LogP contribution in [0.3, 0.4) is 0 Å². The van der Waals surface area contributed by atoms with E-state index in [-0.39, 0.29) is 0 Å². The molecule has 14 heavy (non-hydrogen) atoms. The molecule has 0 atom stereocenters. The zero-order chi connectivity index (χ0) is 9.97. The molecule has 4 heteroatoms. The molecule has 0 unspecified atom stereocenters. The van der Waals surface area contributed by atoms with Gasteiger partial charge in [-0.25, -0.2) is 0 Å². The Balaban J connectivity index is 2.14. The number of hydrogen-bond donors (Lipinski definition) is 1.